The Labute approximate surface area is 120 Å². The largest absolute Gasteiger partial charge is 0.271 e. The number of nitro groups is 1. The zero-order chi connectivity index (χ0) is 13.3. The first-order valence-corrected chi connectivity index (χ1v) is 6.95. The summed E-state index contributed by atoms with van der Waals surface area (Å²) in [6, 6.07) is 4.67. The molecule has 8 heteroatoms. The number of nitrogens with zero attached hydrogens (tertiary/aromatic N) is 3. The lowest BCUT2D eigenvalue weighted by Crippen LogP contribution is -1.88. The monoisotopic (exact) mass is 347 g/mol. The Bertz CT molecular complexity index is 603. The second-order valence-corrected chi connectivity index (χ2v) is 6.10. The first-order chi connectivity index (χ1) is 8.47. The molecule has 1 heterocycles. The van der Waals surface area contributed by atoms with Crippen LogP contribution in [0.15, 0.2) is 22.7 Å². The second kappa shape index (κ2) is 5.29. The molecule has 0 saturated carbocycles. The molecule has 0 radical (unpaired) electrons. The number of non-ortho nitro benzene ring substituents is 1. The highest BCUT2D eigenvalue weighted by Gasteiger charge is 2.15. The van der Waals surface area contributed by atoms with E-state index in [9.17, 15) is 10.1 Å². The van der Waals surface area contributed by atoms with Crippen molar-refractivity contribution in [3.05, 3.63) is 37.8 Å². The molecule has 0 aliphatic heterocycles. The summed E-state index contributed by atoms with van der Waals surface area (Å²) in [5.41, 5.74) is 0.659. The molecule has 2 rings (SSSR count). The molecule has 1 unspecified atom stereocenters. The minimum atomic E-state index is -0.444. The number of hydrogen-bond acceptors (Lipinski definition) is 5. The number of nitro benzene ring substituents is 1. The van der Waals surface area contributed by atoms with Crippen LogP contribution in [0.5, 0.6) is 0 Å². The first-order valence-electron chi connectivity index (χ1n) is 4.90. The lowest BCUT2D eigenvalue weighted by Gasteiger charge is -1.98. The Morgan fingerprint density at radius 3 is 2.72 bits per heavy atom. The Kier molecular flexibility index (Phi) is 3.94. The van der Waals surface area contributed by atoms with Crippen LogP contribution in [-0.4, -0.2) is 15.1 Å². The van der Waals surface area contributed by atoms with Crippen LogP contribution >= 0.6 is 38.9 Å². The zero-order valence-electron chi connectivity index (χ0n) is 9.13. The van der Waals surface area contributed by atoms with Gasteiger partial charge in [0, 0.05) is 22.2 Å². The van der Waals surface area contributed by atoms with Crippen molar-refractivity contribution in [3.63, 3.8) is 0 Å². The Morgan fingerprint density at radius 2 is 2.17 bits per heavy atom. The third-order valence-corrected chi connectivity index (χ3v) is 4.07. The van der Waals surface area contributed by atoms with Gasteiger partial charge in [-0.1, -0.05) is 27.3 Å². The Balaban J connectivity index is 2.46. The van der Waals surface area contributed by atoms with E-state index in [-0.39, 0.29) is 11.1 Å². The van der Waals surface area contributed by atoms with E-state index in [1.54, 1.807) is 13.0 Å². The van der Waals surface area contributed by atoms with Gasteiger partial charge >= 0.3 is 0 Å². The van der Waals surface area contributed by atoms with Crippen LogP contribution in [0.2, 0.25) is 0 Å². The van der Waals surface area contributed by atoms with Crippen molar-refractivity contribution in [2.45, 2.75) is 12.3 Å². The van der Waals surface area contributed by atoms with Crippen LogP contribution in [0, 0.1) is 10.1 Å². The fraction of sp³-hybridized carbons (Fsp3) is 0.200. The number of hydrogen-bond donors (Lipinski definition) is 0. The van der Waals surface area contributed by atoms with E-state index in [1.165, 1.54) is 23.5 Å². The van der Waals surface area contributed by atoms with Crippen LogP contribution in [0.3, 0.4) is 0 Å². The lowest BCUT2D eigenvalue weighted by molar-refractivity contribution is -0.384. The van der Waals surface area contributed by atoms with Gasteiger partial charge in [0.05, 0.1) is 10.3 Å². The standard InChI is InChI=1S/C10H7BrClN3O2S/c1-5(12)9-13-14-10(18-9)6-2-7(11)4-8(3-6)15(16)17/h2-5H,1H3. The zero-order valence-corrected chi connectivity index (χ0v) is 12.3. The summed E-state index contributed by atoms with van der Waals surface area (Å²) in [4.78, 5) is 10.3. The van der Waals surface area contributed by atoms with E-state index in [4.69, 9.17) is 11.6 Å². The molecule has 18 heavy (non-hydrogen) atoms. The van der Waals surface area contributed by atoms with E-state index in [0.29, 0.717) is 20.1 Å². The van der Waals surface area contributed by atoms with Gasteiger partial charge in [0.2, 0.25) is 0 Å². The average molecular weight is 349 g/mol. The summed E-state index contributed by atoms with van der Waals surface area (Å²) in [7, 11) is 0. The third-order valence-electron chi connectivity index (χ3n) is 2.12. The second-order valence-electron chi connectivity index (χ2n) is 3.52. The highest BCUT2D eigenvalue weighted by atomic mass is 79.9. The van der Waals surface area contributed by atoms with Crippen molar-refractivity contribution >= 4 is 44.6 Å². The summed E-state index contributed by atoms with van der Waals surface area (Å²) in [6.07, 6.45) is 0. The molecule has 1 aromatic carbocycles. The van der Waals surface area contributed by atoms with Gasteiger partial charge in [0.15, 0.2) is 0 Å². The smallest absolute Gasteiger partial charge is 0.258 e. The number of benzene rings is 1. The van der Waals surface area contributed by atoms with E-state index >= 15 is 0 Å². The average Bonchev–Trinajstić information content (AvgIpc) is 2.77. The topological polar surface area (TPSA) is 68.9 Å². The van der Waals surface area contributed by atoms with Gasteiger partial charge in [-0.3, -0.25) is 10.1 Å². The van der Waals surface area contributed by atoms with Gasteiger partial charge in [-0.25, -0.2) is 0 Å². The van der Waals surface area contributed by atoms with Crippen molar-refractivity contribution in [2.75, 3.05) is 0 Å². The first kappa shape index (κ1) is 13.4. The quantitative estimate of drug-likeness (QED) is 0.474. The number of aromatic nitrogens is 2. The van der Waals surface area contributed by atoms with Crippen molar-refractivity contribution in [1.29, 1.82) is 0 Å². The molecule has 0 aliphatic rings. The maximum absolute atomic E-state index is 10.8. The third kappa shape index (κ3) is 2.85. The number of rotatable bonds is 3. The minimum Gasteiger partial charge on any atom is -0.258 e. The molecule has 2 aromatic rings. The molecule has 0 saturated heterocycles. The maximum atomic E-state index is 10.8. The molecule has 0 bridgehead atoms. The van der Waals surface area contributed by atoms with Crippen LogP contribution in [-0.2, 0) is 0 Å². The fourth-order valence-electron chi connectivity index (χ4n) is 1.32. The molecular weight excluding hydrogens is 342 g/mol. The van der Waals surface area contributed by atoms with E-state index in [2.05, 4.69) is 26.1 Å². The molecule has 1 atom stereocenters. The van der Waals surface area contributed by atoms with Gasteiger partial charge in [0.25, 0.3) is 5.69 Å². The molecular formula is C10H7BrClN3O2S. The predicted molar refractivity (Wildman–Crippen MR) is 74.0 cm³/mol. The normalized spacial score (nSPS) is 12.4. The lowest BCUT2D eigenvalue weighted by atomic mass is 10.2. The van der Waals surface area contributed by atoms with Crippen LogP contribution in [0.1, 0.15) is 17.3 Å². The molecule has 0 amide bonds. The van der Waals surface area contributed by atoms with Crippen LogP contribution < -0.4 is 0 Å². The van der Waals surface area contributed by atoms with E-state index in [0.717, 1.165) is 0 Å². The van der Waals surface area contributed by atoms with Crippen molar-refractivity contribution in [2.24, 2.45) is 0 Å². The van der Waals surface area contributed by atoms with Crippen LogP contribution in [0.25, 0.3) is 10.6 Å². The van der Waals surface area contributed by atoms with Crippen molar-refractivity contribution in [3.8, 4) is 10.6 Å². The molecule has 0 fully saturated rings. The minimum absolute atomic E-state index is 0.00930. The van der Waals surface area contributed by atoms with Gasteiger partial charge in [-0.15, -0.1) is 21.8 Å². The molecule has 1 aromatic heterocycles. The van der Waals surface area contributed by atoms with Crippen molar-refractivity contribution in [1.82, 2.24) is 10.2 Å². The van der Waals surface area contributed by atoms with E-state index < -0.39 is 4.92 Å². The van der Waals surface area contributed by atoms with Gasteiger partial charge in [-0.05, 0) is 13.0 Å². The van der Waals surface area contributed by atoms with Gasteiger partial charge < -0.3 is 0 Å². The SMILES string of the molecule is CC(Cl)c1nnc(-c2cc(Br)cc([N+](=O)[O-])c2)s1. The summed E-state index contributed by atoms with van der Waals surface area (Å²) in [5, 5.41) is 19.8. The highest BCUT2D eigenvalue weighted by Crippen LogP contribution is 2.33. The highest BCUT2D eigenvalue weighted by molar-refractivity contribution is 9.10. The number of halogens is 2. The summed E-state index contributed by atoms with van der Waals surface area (Å²) < 4.78 is 0.627. The molecule has 0 N–H and O–H groups in total. The molecule has 5 nitrogen and oxygen atoms in total. The van der Waals surface area contributed by atoms with Crippen LogP contribution in [0.4, 0.5) is 5.69 Å². The summed E-state index contributed by atoms with van der Waals surface area (Å²) >= 11 is 10.5. The predicted octanol–water partition coefficient (Wildman–Crippen LogP) is 4.18. The Morgan fingerprint density at radius 1 is 1.44 bits per heavy atom. The summed E-state index contributed by atoms with van der Waals surface area (Å²) in [5.74, 6) is 0. The fourth-order valence-corrected chi connectivity index (χ4v) is 2.73. The Hall–Kier alpha value is -1.05. The van der Waals surface area contributed by atoms with Crippen molar-refractivity contribution < 1.29 is 4.92 Å². The number of alkyl halides is 1. The van der Waals surface area contributed by atoms with E-state index in [1.807, 2.05) is 0 Å². The summed E-state index contributed by atoms with van der Waals surface area (Å²) in [6.45, 7) is 1.80. The molecule has 0 aliphatic carbocycles. The van der Waals surface area contributed by atoms with Gasteiger partial charge in [0.1, 0.15) is 10.0 Å². The molecule has 94 valence electrons. The van der Waals surface area contributed by atoms with Gasteiger partial charge in [-0.2, -0.15) is 0 Å². The molecule has 0 spiro atoms. The maximum Gasteiger partial charge on any atom is 0.271 e.